The number of furan rings is 1. The number of carbonyl (C=O) groups is 1. The summed E-state index contributed by atoms with van der Waals surface area (Å²) in [6.45, 7) is 4.10. The summed E-state index contributed by atoms with van der Waals surface area (Å²) in [7, 11) is 0. The Labute approximate surface area is 129 Å². The molecule has 0 bridgehead atoms. The maximum atomic E-state index is 12.3. The van der Waals surface area contributed by atoms with Crippen LogP contribution in [0.5, 0.6) is 0 Å². The topological polar surface area (TPSA) is 76.2 Å². The molecule has 1 aliphatic heterocycles. The highest BCUT2D eigenvalue weighted by Gasteiger charge is 2.32. The Kier molecular flexibility index (Phi) is 4.53. The third kappa shape index (κ3) is 3.36. The number of likely N-dealkylation sites (tertiary alicyclic amines) is 1. The van der Waals surface area contributed by atoms with Crippen molar-refractivity contribution >= 4 is 5.91 Å². The lowest BCUT2D eigenvalue weighted by atomic mass is 10.2. The van der Waals surface area contributed by atoms with Crippen LogP contribution in [-0.2, 0) is 17.9 Å². The van der Waals surface area contributed by atoms with E-state index in [0.29, 0.717) is 12.6 Å². The largest absolute Gasteiger partial charge is 0.467 e. The molecule has 0 saturated carbocycles. The van der Waals surface area contributed by atoms with E-state index in [-0.39, 0.29) is 11.9 Å². The normalized spacial score (nSPS) is 20.1. The lowest BCUT2D eigenvalue weighted by molar-refractivity contribution is -0.126. The lowest BCUT2D eigenvalue weighted by Crippen LogP contribution is -2.48. The number of hydrogen-bond acceptors (Lipinski definition) is 5. The smallest absolute Gasteiger partial charge is 0.237 e. The predicted molar refractivity (Wildman–Crippen MR) is 79.8 cm³/mol. The molecule has 1 amide bonds. The zero-order valence-corrected chi connectivity index (χ0v) is 12.7. The molecule has 0 aromatic carbocycles. The molecule has 2 atom stereocenters. The molecular weight excluding hydrogens is 282 g/mol. The predicted octanol–water partition coefficient (Wildman–Crippen LogP) is 1.04. The third-order valence-corrected chi connectivity index (χ3v) is 4.18. The third-order valence-electron chi connectivity index (χ3n) is 4.18. The Morgan fingerprint density at radius 2 is 2.50 bits per heavy atom. The van der Waals surface area contributed by atoms with Crippen LogP contribution in [0.1, 0.15) is 25.5 Å². The summed E-state index contributed by atoms with van der Waals surface area (Å²) in [4.78, 5) is 18.6. The molecule has 2 aromatic heterocycles. The maximum absolute atomic E-state index is 12.3. The number of aromatic nitrogens is 3. The zero-order valence-electron chi connectivity index (χ0n) is 12.7. The van der Waals surface area contributed by atoms with Crippen LogP contribution in [0.25, 0.3) is 0 Å². The van der Waals surface area contributed by atoms with Crippen LogP contribution in [0.4, 0.5) is 0 Å². The Morgan fingerprint density at radius 1 is 1.59 bits per heavy atom. The number of carbonyl (C=O) groups excluding carboxylic acids is 1. The summed E-state index contributed by atoms with van der Waals surface area (Å²) in [5, 5.41) is 7.09. The zero-order chi connectivity index (χ0) is 15.4. The van der Waals surface area contributed by atoms with E-state index >= 15 is 0 Å². The average Bonchev–Trinajstić information content (AvgIpc) is 3.27. The Balaban J connectivity index is 1.55. The molecule has 3 heterocycles. The minimum atomic E-state index is -0.161. The molecule has 1 aliphatic rings. The second kappa shape index (κ2) is 6.74. The number of amides is 1. The van der Waals surface area contributed by atoms with Gasteiger partial charge in [0.2, 0.25) is 5.91 Å². The van der Waals surface area contributed by atoms with E-state index in [1.807, 2.05) is 23.7 Å². The van der Waals surface area contributed by atoms with Gasteiger partial charge in [-0.3, -0.25) is 14.4 Å². The molecule has 118 valence electrons. The second-order valence-electron chi connectivity index (χ2n) is 5.62. The van der Waals surface area contributed by atoms with Crippen LogP contribution in [0.2, 0.25) is 0 Å². The Hall–Kier alpha value is -2.15. The van der Waals surface area contributed by atoms with Crippen molar-refractivity contribution in [2.75, 3.05) is 6.54 Å². The van der Waals surface area contributed by atoms with E-state index in [1.54, 1.807) is 18.9 Å². The molecular formula is C15H21N5O2. The van der Waals surface area contributed by atoms with E-state index < -0.39 is 0 Å². The van der Waals surface area contributed by atoms with Gasteiger partial charge in [-0.05, 0) is 38.4 Å². The summed E-state index contributed by atoms with van der Waals surface area (Å²) >= 11 is 0. The summed E-state index contributed by atoms with van der Waals surface area (Å²) in [5.41, 5.74) is 0. The number of hydrogen-bond donors (Lipinski definition) is 1. The van der Waals surface area contributed by atoms with Crippen LogP contribution < -0.4 is 5.32 Å². The van der Waals surface area contributed by atoms with E-state index in [1.165, 1.54) is 0 Å². The van der Waals surface area contributed by atoms with Crippen LogP contribution in [0.3, 0.4) is 0 Å². The Morgan fingerprint density at radius 3 is 3.23 bits per heavy atom. The number of rotatable bonds is 6. The minimum Gasteiger partial charge on any atom is -0.467 e. The van der Waals surface area contributed by atoms with Crippen molar-refractivity contribution in [1.29, 1.82) is 0 Å². The molecule has 3 rings (SSSR count). The molecule has 0 aliphatic carbocycles. The van der Waals surface area contributed by atoms with Gasteiger partial charge in [0, 0.05) is 6.04 Å². The summed E-state index contributed by atoms with van der Waals surface area (Å²) in [6, 6.07) is 3.84. The fourth-order valence-electron chi connectivity index (χ4n) is 2.99. The van der Waals surface area contributed by atoms with Crippen molar-refractivity contribution in [2.24, 2.45) is 0 Å². The van der Waals surface area contributed by atoms with Gasteiger partial charge in [-0.2, -0.15) is 5.10 Å². The van der Waals surface area contributed by atoms with Gasteiger partial charge in [-0.15, -0.1) is 0 Å². The SMILES string of the molecule is C[C@@H](C(=O)NCc1ccco1)N1CCC[C@H]1Cn1cncn1. The summed E-state index contributed by atoms with van der Waals surface area (Å²) < 4.78 is 7.06. The van der Waals surface area contributed by atoms with E-state index in [4.69, 9.17) is 4.42 Å². The average molecular weight is 303 g/mol. The highest BCUT2D eigenvalue weighted by molar-refractivity contribution is 5.81. The highest BCUT2D eigenvalue weighted by atomic mass is 16.3. The first-order valence-electron chi connectivity index (χ1n) is 7.62. The molecule has 1 fully saturated rings. The van der Waals surface area contributed by atoms with Gasteiger partial charge < -0.3 is 9.73 Å². The van der Waals surface area contributed by atoms with Gasteiger partial charge in [0.1, 0.15) is 18.4 Å². The second-order valence-corrected chi connectivity index (χ2v) is 5.62. The number of nitrogens with one attached hydrogen (secondary N) is 1. The van der Waals surface area contributed by atoms with Gasteiger partial charge in [-0.25, -0.2) is 4.98 Å². The van der Waals surface area contributed by atoms with Gasteiger partial charge >= 0.3 is 0 Å². The van der Waals surface area contributed by atoms with E-state index in [9.17, 15) is 4.79 Å². The first-order valence-corrected chi connectivity index (χ1v) is 7.62. The summed E-state index contributed by atoms with van der Waals surface area (Å²) in [6.07, 6.45) is 7.06. The molecule has 7 heteroatoms. The molecule has 22 heavy (non-hydrogen) atoms. The van der Waals surface area contributed by atoms with E-state index in [2.05, 4.69) is 20.3 Å². The van der Waals surface area contributed by atoms with Crippen molar-refractivity contribution in [3.8, 4) is 0 Å². The Bertz CT molecular complexity index is 581. The van der Waals surface area contributed by atoms with E-state index in [0.717, 1.165) is 31.7 Å². The van der Waals surface area contributed by atoms with Gasteiger partial charge in [0.15, 0.2) is 0 Å². The van der Waals surface area contributed by atoms with Crippen LogP contribution >= 0.6 is 0 Å². The molecule has 0 radical (unpaired) electrons. The summed E-state index contributed by atoms with van der Waals surface area (Å²) in [5.74, 6) is 0.794. The van der Waals surface area contributed by atoms with Crippen LogP contribution in [0, 0.1) is 0 Å². The highest BCUT2D eigenvalue weighted by Crippen LogP contribution is 2.21. The monoisotopic (exact) mass is 303 g/mol. The van der Waals surface area contributed by atoms with Crippen molar-refractivity contribution in [3.63, 3.8) is 0 Å². The van der Waals surface area contributed by atoms with Gasteiger partial charge in [-0.1, -0.05) is 0 Å². The van der Waals surface area contributed by atoms with Crippen LogP contribution in [-0.4, -0.2) is 44.2 Å². The van der Waals surface area contributed by atoms with Crippen molar-refractivity contribution in [3.05, 3.63) is 36.8 Å². The van der Waals surface area contributed by atoms with Crippen LogP contribution in [0.15, 0.2) is 35.5 Å². The molecule has 0 unspecified atom stereocenters. The molecule has 7 nitrogen and oxygen atoms in total. The fourth-order valence-corrected chi connectivity index (χ4v) is 2.99. The molecule has 1 N–H and O–H groups in total. The first-order chi connectivity index (χ1) is 10.7. The van der Waals surface area contributed by atoms with Crippen molar-refractivity contribution < 1.29 is 9.21 Å². The minimum absolute atomic E-state index is 0.0295. The lowest BCUT2D eigenvalue weighted by Gasteiger charge is -2.29. The quantitative estimate of drug-likeness (QED) is 0.863. The molecule has 2 aromatic rings. The van der Waals surface area contributed by atoms with Crippen molar-refractivity contribution in [1.82, 2.24) is 25.0 Å². The van der Waals surface area contributed by atoms with Crippen molar-refractivity contribution in [2.45, 2.75) is 44.9 Å². The standard InChI is InChI=1S/C15H21N5O2/c1-12(15(21)17-8-14-5-3-7-22-14)20-6-2-4-13(20)9-19-11-16-10-18-19/h3,5,7,10-13H,2,4,6,8-9H2,1H3,(H,17,21)/t12-,13-/m0/s1. The number of nitrogens with zero attached hydrogens (tertiary/aromatic N) is 4. The molecule has 0 spiro atoms. The molecule has 1 saturated heterocycles. The van der Waals surface area contributed by atoms with Gasteiger partial charge in [0.25, 0.3) is 0 Å². The first kappa shape index (κ1) is 14.8. The maximum Gasteiger partial charge on any atom is 0.237 e. The van der Waals surface area contributed by atoms with Gasteiger partial charge in [0.05, 0.1) is 25.4 Å². The fraction of sp³-hybridized carbons (Fsp3) is 0.533.